The number of carboxylic acids is 1. The number of hydrogen-bond acceptors (Lipinski definition) is 3. The Labute approximate surface area is 74.7 Å². The molecule has 0 aromatic rings. The number of ketones is 1. The second kappa shape index (κ2) is 6.97. The van der Waals surface area contributed by atoms with Crippen LogP contribution in [0.4, 0.5) is 0 Å². The molecular formula is C6H9O3Ti. The normalized spacial score (nSPS) is 8.10. The molecule has 0 aromatic heterocycles. The van der Waals surface area contributed by atoms with Gasteiger partial charge in [0.15, 0.2) is 0 Å². The van der Waals surface area contributed by atoms with Crippen LogP contribution in [0, 0.1) is 0 Å². The summed E-state index contributed by atoms with van der Waals surface area (Å²) >= 11 is 0. The van der Waals surface area contributed by atoms with Crippen LogP contribution >= 0.6 is 0 Å². The summed E-state index contributed by atoms with van der Waals surface area (Å²) in [5.74, 6) is -1.54. The quantitative estimate of drug-likeness (QED) is 0.429. The molecule has 0 spiro atoms. The van der Waals surface area contributed by atoms with Crippen molar-refractivity contribution in [1.82, 2.24) is 0 Å². The fourth-order valence-electron chi connectivity index (χ4n) is 0.528. The van der Waals surface area contributed by atoms with Crippen LogP contribution in [0.5, 0.6) is 0 Å². The third-order valence-electron chi connectivity index (χ3n) is 0.870. The molecule has 0 unspecified atom stereocenters. The van der Waals surface area contributed by atoms with E-state index in [1.165, 1.54) is 0 Å². The van der Waals surface area contributed by atoms with Gasteiger partial charge in [-0.15, -0.1) is 0 Å². The summed E-state index contributed by atoms with van der Waals surface area (Å²) in [4.78, 5) is 20.2. The molecule has 0 heterocycles. The molecule has 3 nitrogen and oxygen atoms in total. The monoisotopic (exact) mass is 177 g/mol. The van der Waals surface area contributed by atoms with Crippen molar-refractivity contribution in [3.63, 3.8) is 0 Å². The largest absolute Gasteiger partial charge is 1.00 e. The van der Waals surface area contributed by atoms with Crippen molar-refractivity contribution in [2.75, 3.05) is 0 Å². The van der Waals surface area contributed by atoms with E-state index in [1.807, 2.05) is 6.92 Å². The summed E-state index contributed by atoms with van der Waals surface area (Å²) in [5.41, 5.74) is 0. The summed E-state index contributed by atoms with van der Waals surface area (Å²) < 4.78 is 0. The molecule has 0 bridgehead atoms. The van der Waals surface area contributed by atoms with Crippen LogP contribution in [0.15, 0.2) is 0 Å². The van der Waals surface area contributed by atoms with E-state index in [9.17, 15) is 14.7 Å². The summed E-state index contributed by atoms with van der Waals surface area (Å²) in [6.45, 7) is 1.83. The zero-order chi connectivity index (χ0) is 7.28. The van der Waals surface area contributed by atoms with E-state index < -0.39 is 12.4 Å². The minimum atomic E-state index is -1.28. The molecule has 0 fully saturated rings. The summed E-state index contributed by atoms with van der Waals surface area (Å²) in [5, 5.41) is 9.75. The molecule has 0 aliphatic carbocycles. The average Bonchev–Trinajstić information content (AvgIpc) is 1.63. The second-order valence-corrected chi connectivity index (χ2v) is 1.84. The first kappa shape index (κ1) is 12.5. The topological polar surface area (TPSA) is 57.2 Å². The predicted molar refractivity (Wildman–Crippen MR) is 29.5 cm³/mol. The Morgan fingerprint density at radius 1 is 1.40 bits per heavy atom. The van der Waals surface area contributed by atoms with Crippen LogP contribution in [-0.2, 0) is 31.3 Å². The Balaban J connectivity index is 0. The van der Waals surface area contributed by atoms with E-state index in [1.54, 1.807) is 0 Å². The Kier molecular flexibility index (Phi) is 8.73. The molecule has 55 valence electrons. The van der Waals surface area contributed by atoms with Gasteiger partial charge in [-0.05, 0) is 6.42 Å². The molecule has 0 aliphatic rings. The fraction of sp³-hybridized carbons (Fsp3) is 0.667. The van der Waals surface area contributed by atoms with Crippen LogP contribution in [0.1, 0.15) is 26.2 Å². The van der Waals surface area contributed by atoms with Gasteiger partial charge in [0, 0.05) is 18.8 Å². The zero-order valence-corrected chi connectivity index (χ0v) is 7.41. The Morgan fingerprint density at radius 2 is 1.90 bits per heavy atom. The van der Waals surface area contributed by atoms with Gasteiger partial charge in [-0.25, -0.2) is 0 Å². The molecule has 0 aromatic carbocycles. The minimum absolute atomic E-state index is 0. The first-order chi connectivity index (χ1) is 4.16. The van der Waals surface area contributed by atoms with Crippen molar-refractivity contribution in [2.45, 2.75) is 26.2 Å². The van der Waals surface area contributed by atoms with Gasteiger partial charge < -0.3 is 9.90 Å². The van der Waals surface area contributed by atoms with Gasteiger partial charge in [0.2, 0.25) is 0 Å². The molecule has 1 radical (unpaired) electrons. The van der Waals surface area contributed by atoms with Gasteiger partial charge in [-0.1, -0.05) is 6.92 Å². The molecule has 0 saturated heterocycles. The number of carbonyl (C=O) groups excluding carboxylic acids is 2. The van der Waals surface area contributed by atoms with Crippen LogP contribution < -0.4 is 5.11 Å². The van der Waals surface area contributed by atoms with Gasteiger partial charge in [0.25, 0.3) is 0 Å². The van der Waals surface area contributed by atoms with Crippen molar-refractivity contribution in [3.8, 4) is 0 Å². The van der Waals surface area contributed by atoms with Gasteiger partial charge in [-0.2, -0.15) is 0 Å². The fourth-order valence-corrected chi connectivity index (χ4v) is 0.528. The summed E-state index contributed by atoms with van der Waals surface area (Å²) in [6.07, 6.45) is 0.605. The summed E-state index contributed by atoms with van der Waals surface area (Å²) in [6, 6.07) is 0. The first-order valence-corrected chi connectivity index (χ1v) is 2.88. The van der Waals surface area contributed by atoms with Gasteiger partial charge in [0.1, 0.15) is 5.78 Å². The van der Waals surface area contributed by atoms with Crippen LogP contribution in [0.25, 0.3) is 0 Å². The van der Waals surface area contributed by atoms with E-state index >= 15 is 0 Å². The maximum absolute atomic E-state index is 10.4. The van der Waals surface area contributed by atoms with Crippen molar-refractivity contribution in [1.29, 1.82) is 0 Å². The number of hydrogen-bond donors (Lipinski definition) is 0. The molecule has 0 saturated carbocycles. The van der Waals surface area contributed by atoms with Crippen molar-refractivity contribution in [3.05, 3.63) is 0 Å². The van der Waals surface area contributed by atoms with E-state index in [2.05, 4.69) is 0 Å². The minimum Gasteiger partial charge on any atom is -0.550 e. The van der Waals surface area contributed by atoms with Crippen LogP contribution in [0.2, 0.25) is 0 Å². The Morgan fingerprint density at radius 3 is 2.20 bits per heavy atom. The van der Waals surface area contributed by atoms with E-state index in [4.69, 9.17) is 0 Å². The molecule has 0 aliphatic heterocycles. The van der Waals surface area contributed by atoms with Crippen molar-refractivity contribution < 1.29 is 36.4 Å². The third-order valence-corrected chi connectivity index (χ3v) is 0.870. The Hall–Kier alpha value is -0.146. The number of rotatable bonds is 4. The predicted octanol–water partition coefficient (Wildman–Crippen LogP) is -0.507. The van der Waals surface area contributed by atoms with E-state index in [0.717, 1.165) is 0 Å². The van der Waals surface area contributed by atoms with Gasteiger partial charge in [-0.3, -0.25) is 4.79 Å². The van der Waals surface area contributed by atoms with Crippen molar-refractivity contribution in [2.24, 2.45) is 0 Å². The average molecular weight is 177 g/mol. The third kappa shape index (κ3) is 7.85. The molecule has 4 heteroatoms. The van der Waals surface area contributed by atoms with Crippen molar-refractivity contribution >= 4 is 11.8 Å². The number of carbonyl (C=O) groups is 2. The first-order valence-electron chi connectivity index (χ1n) is 2.88. The van der Waals surface area contributed by atoms with Gasteiger partial charge >= 0.3 is 21.7 Å². The maximum Gasteiger partial charge on any atom is 1.00 e. The van der Waals surface area contributed by atoms with Gasteiger partial charge in [0.05, 0.1) is 0 Å². The maximum atomic E-state index is 10.4. The van der Waals surface area contributed by atoms with E-state index in [-0.39, 0.29) is 27.5 Å². The number of Topliss-reactive ketones (excluding diaryl/α,β-unsaturated/α-hetero) is 1. The molecule has 0 rings (SSSR count). The Bertz CT molecular complexity index is 122. The van der Waals surface area contributed by atoms with Crippen LogP contribution in [-0.4, -0.2) is 11.8 Å². The standard InChI is InChI=1S/C6H10O3.Ti/c1-2-3-5(7)4-6(8)9;/h2-4H2,1H3,(H,8,9);/q;+1/p-1. The SMILES string of the molecule is CCCC(=O)CC(=O)[O-].[Ti+]. The summed E-state index contributed by atoms with van der Waals surface area (Å²) in [7, 11) is 0. The second-order valence-electron chi connectivity index (χ2n) is 1.84. The molecule has 0 atom stereocenters. The zero-order valence-electron chi connectivity index (χ0n) is 5.85. The number of aliphatic carboxylic acids is 1. The smallest absolute Gasteiger partial charge is 0.550 e. The molecule has 0 N–H and O–H groups in total. The molecular weight excluding hydrogens is 168 g/mol. The van der Waals surface area contributed by atoms with E-state index in [0.29, 0.717) is 12.8 Å². The molecule has 0 amide bonds. The number of carboxylic acid groups (broad SMARTS) is 1. The molecule has 10 heavy (non-hydrogen) atoms. The van der Waals surface area contributed by atoms with Crippen LogP contribution in [0.3, 0.4) is 0 Å².